The van der Waals surface area contributed by atoms with Gasteiger partial charge in [0.05, 0.1) is 0 Å². The molecule has 125 valence electrons. The molecule has 1 amide bonds. The van der Waals surface area contributed by atoms with Crippen molar-refractivity contribution in [2.45, 2.75) is 18.4 Å². The number of amides is 1. The summed E-state index contributed by atoms with van der Waals surface area (Å²) < 4.78 is -0.181. The van der Waals surface area contributed by atoms with Gasteiger partial charge in [-0.3, -0.25) is 0 Å². The van der Waals surface area contributed by atoms with E-state index in [9.17, 15) is 9.90 Å². The van der Waals surface area contributed by atoms with Gasteiger partial charge in [0.25, 0.3) is 0 Å². The van der Waals surface area contributed by atoms with Gasteiger partial charge in [-0.25, -0.2) is 4.79 Å². The maximum Gasteiger partial charge on any atom is 0.369 e. The highest BCUT2D eigenvalue weighted by atomic mass is 35.5. The van der Waals surface area contributed by atoms with Gasteiger partial charge in [0.15, 0.2) is 11.3 Å². The second-order valence-corrected chi connectivity index (χ2v) is 6.53. The topological polar surface area (TPSA) is 49.3 Å². The van der Waals surface area contributed by atoms with E-state index in [0.29, 0.717) is 17.9 Å². The lowest BCUT2D eigenvalue weighted by Crippen LogP contribution is -2.66. The highest BCUT2D eigenvalue weighted by Gasteiger charge is 2.59. The molecule has 0 heterocycles. The minimum atomic E-state index is -1.23. The van der Waals surface area contributed by atoms with Gasteiger partial charge in [0.1, 0.15) is 6.54 Å². The number of quaternary nitrogens is 1. The Bertz CT molecular complexity index is 750. The molecular formula is C19H21ClN2O2+. The highest BCUT2D eigenvalue weighted by molar-refractivity contribution is 6.33. The van der Waals surface area contributed by atoms with Crippen LogP contribution in [0.5, 0.6) is 0 Å². The molecule has 0 aromatic heterocycles. The Balaban J connectivity index is 1.99. The van der Waals surface area contributed by atoms with Crippen molar-refractivity contribution in [3.8, 4) is 11.1 Å². The standard InChI is InChI=1S/C19H21ClN2O2/c1-3-22(21-2,18(23)19(24)12-13-19)15-10-8-14(9-11-15)16-6-4-5-7-17(16)20/h4-11,21,24H,1,3,12-13H2,2H3/q+1. The van der Waals surface area contributed by atoms with Crippen LogP contribution in [-0.2, 0) is 4.79 Å². The zero-order valence-corrected chi connectivity index (χ0v) is 14.4. The number of carbonyl (C=O) groups excluding carboxylic acids is 1. The smallest absolute Gasteiger partial charge is 0.369 e. The summed E-state index contributed by atoms with van der Waals surface area (Å²) in [7, 11) is 1.71. The summed E-state index contributed by atoms with van der Waals surface area (Å²) in [6, 6.07) is 15.2. The summed E-state index contributed by atoms with van der Waals surface area (Å²) in [5, 5.41) is 11.0. The molecule has 1 aliphatic rings. The molecule has 1 unspecified atom stereocenters. The van der Waals surface area contributed by atoms with Gasteiger partial charge < -0.3 is 5.11 Å². The molecule has 1 fully saturated rings. The van der Waals surface area contributed by atoms with Crippen LogP contribution in [0.2, 0.25) is 5.02 Å². The van der Waals surface area contributed by atoms with Crippen LogP contribution in [0.25, 0.3) is 11.1 Å². The Hall–Kier alpha value is -1.72. The molecule has 2 aromatic rings. The van der Waals surface area contributed by atoms with Crippen LogP contribution in [0, 0.1) is 6.92 Å². The Morgan fingerprint density at radius 3 is 2.38 bits per heavy atom. The first kappa shape index (κ1) is 17.1. The summed E-state index contributed by atoms with van der Waals surface area (Å²) >= 11 is 6.25. The van der Waals surface area contributed by atoms with Crippen molar-refractivity contribution in [2.75, 3.05) is 13.6 Å². The van der Waals surface area contributed by atoms with Gasteiger partial charge in [-0.1, -0.05) is 29.8 Å². The maximum atomic E-state index is 12.8. The molecule has 0 spiro atoms. The molecule has 2 N–H and O–H groups in total. The van der Waals surface area contributed by atoms with E-state index >= 15 is 0 Å². The van der Waals surface area contributed by atoms with E-state index in [0.717, 1.165) is 16.8 Å². The number of hydrogen-bond acceptors (Lipinski definition) is 3. The molecule has 0 bridgehead atoms. The number of aliphatic hydroxyl groups is 1. The predicted molar refractivity (Wildman–Crippen MR) is 97.2 cm³/mol. The number of rotatable bonds is 5. The van der Waals surface area contributed by atoms with Crippen LogP contribution in [0.4, 0.5) is 5.69 Å². The summed E-state index contributed by atoms with van der Waals surface area (Å²) in [6.07, 6.45) is 1.01. The SMILES string of the molecule is [CH2]C[N+](NC)(C(=O)C1(O)CC1)c1ccc(-c2ccccc2Cl)cc1. The second kappa shape index (κ2) is 6.30. The van der Waals surface area contributed by atoms with E-state index in [4.69, 9.17) is 11.6 Å². The lowest BCUT2D eigenvalue weighted by molar-refractivity contribution is -0.143. The predicted octanol–water partition coefficient (Wildman–Crippen LogP) is 3.33. The lowest BCUT2D eigenvalue weighted by atomic mass is 10.0. The Morgan fingerprint density at radius 2 is 1.88 bits per heavy atom. The van der Waals surface area contributed by atoms with Crippen LogP contribution in [0.1, 0.15) is 12.8 Å². The fourth-order valence-electron chi connectivity index (χ4n) is 2.97. The minimum Gasteiger partial charge on any atom is -0.376 e. The maximum absolute atomic E-state index is 12.8. The first-order valence-corrected chi connectivity index (χ1v) is 8.34. The number of hydrogen-bond donors (Lipinski definition) is 2. The zero-order valence-electron chi connectivity index (χ0n) is 13.6. The third-order valence-corrected chi connectivity index (χ3v) is 5.01. The molecule has 24 heavy (non-hydrogen) atoms. The average molecular weight is 345 g/mol. The third kappa shape index (κ3) is 2.76. The van der Waals surface area contributed by atoms with Gasteiger partial charge in [-0.2, -0.15) is 5.43 Å². The quantitative estimate of drug-likeness (QED) is 0.646. The highest BCUT2D eigenvalue weighted by Crippen LogP contribution is 2.40. The summed E-state index contributed by atoms with van der Waals surface area (Å²) in [5.74, 6) is -0.259. The van der Waals surface area contributed by atoms with Crippen molar-refractivity contribution in [2.24, 2.45) is 0 Å². The normalized spacial score (nSPS) is 18.0. The second-order valence-electron chi connectivity index (χ2n) is 6.12. The van der Waals surface area contributed by atoms with Crippen molar-refractivity contribution in [1.29, 1.82) is 0 Å². The van der Waals surface area contributed by atoms with Crippen molar-refractivity contribution >= 4 is 23.2 Å². The van der Waals surface area contributed by atoms with E-state index in [1.54, 1.807) is 7.05 Å². The van der Waals surface area contributed by atoms with Crippen LogP contribution in [0.15, 0.2) is 48.5 Å². The Labute approximate surface area is 147 Å². The van der Waals surface area contributed by atoms with Crippen molar-refractivity contribution < 1.29 is 9.90 Å². The third-order valence-electron chi connectivity index (χ3n) is 4.68. The van der Waals surface area contributed by atoms with Gasteiger partial charge in [-0.15, -0.1) is 4.59 Å². The summed E-state index contributed by atoms with van der Waals surface area (Å²) in [5.41, 5.74) is 4.46. The lowest BCUT2D eigenvalue weighted by Gasteiger charge is -2.34. The monoisotopic (exact) mass is 344 g/mol. The van der Waals surface area contributed by atoms with Gasteiger partial charge >= 0.3 is 5.91 Å². The number of halogens is 1. The fraction of sp³-hybridized carbons (Fsp3) is 0.263. The van der Waals surface area contributed by atoms with E-state index < -0.39 is 5.60 Å². The molecule has 3 rings (SSSR count). The van der Waals surface area contributed by atoms with Crippen LogP contribution >= 0.6 is 11.6 Å². The first-order valence-electron chi connectivity index (χ1n) is 7.96. The van der Waals surface area contributed by atoms with Crippen LogP contribution in [0.3, 0.4) is 0 Å². The molecular weight excluding hydrogens is 324 g/mol. The molecule has 1 radical (unpaired) electrons. The summed E-state index contributed by atoms with van der Waals surface area (Å²) in [4.78, 5) is 12.8. The average Bonchev–Trinajstić information content (AvgIpc) is 3.36. The molecule has 0 aliphatic heterocycles. The van der Waals surface area contributed by atoms with Gasteiger partial charge in [0.2, 0.25) is 0 Å². The largest absolute Gasteiger partial charge is 0.376 e. The molecule has 1 atom stereocenters. The van der Waals surface area contributed by atoms with E-state index in [-0.39, 0.29) is 17.0 Å². The summed E-state index contributed by atoms with van der Waals surface area (Å²) in [6.45, 7) is 4.19. The van der Waals surface area contributed by atoms with Crippen molar-refractivity contribution in [3.63, 3.8) is 0 Å². The van der Waals surface area contributed by atoms with Crippen LogP contribution < -0.4 is 10.0 Å². The van der Waals surface area contributed by atoms with Crippen molar-refractivity contribution in [1.82, 2.24) is 10.0 Å². The van der Waals surface area contributed by atoms with Crippen molar-refractivity contribution in [3.05, 3.63) is 60.5 Å². The first-order chi connectivity index (χ1) is 11.5. The minimum absolute atomic E-state index is 0.181. The van der Waals surface area contributed by atoms with E-state index in [1.165, 1.54) is 0 Å². The zero-order chi connectivity index (χ0) is 17.4. The Kier molecular flexibility index (Phi) is 4.49. The molecule has 1 saturated carbocycles. The molecule has 5 heteroatoms. The van der Waals surface area contributed by atoms with Gasteiger partial charge in [-0.05, 0) is 36.6 Å². The van der Waals surface area contributed by atoms with E-state index in [1.807, 2.05) is 48.5 Å². The molecule has 1 aliphatic carbocycles. The fourth-order valence-corrected chi connectivity index (χ4v) is 3.21. The number of nitrogens with zero attached hydrogens (tertiary/aromatic N) is 1. The number of nitrogens with one attached hydrogen (secondary N) is 1. The molecule has 4 nitrogen and oxygen atoms in total. The van der Waals surface area contributed by atoms with E-state index in [2.05, 4.69) is 12.3 Å². The Morgan fingerprint density at radius 1 is 1.25 bits per heavy atom. The molecule has 2 aromatic carbocycles. The van der Waals surface area contributed by atoms with Crippen LogP contribution in [-0.4, -0.2) is 30.2 Å². The number of carbonyl (C=O) groups is 1. The molecule has 0 saturated heterocycles. The van der Waals surface area contributed by atoms with Gasteiger partial charge in [0, 0.05) is 36.7 Å². The number of benzene rings is 2.